The summed E-state index contributed by atoms with van der Waals surface area (Å²) in [7, 11) is 0. The van der Waals surface area contributed by atoms with E-state index in [-0.39, 0.29) is 6.15 Å². The Morgan fingerprint density at radius 1 is 0.408 bits per heavy atom. The molecule has 4 unspecified atom stereocenters. The van der Waals surface area contributed by atoms with Crippen molar-refractivity contribution in [3.8, 4) is 0 Å². The third kappa shape index (κ3) is 4.39. The SMILES string of the molecule is CC1(F)C(F)C(F)=C(F)C(C)([B-](c2c(F)c(F)c(F)c(F)c2F)(c2c(F)c(F)c(F)c(F)c2F)c2c(F)c(F)c(F)c(F)c2F)C1(C)F.[NH4+]. The Morgan fingerprint density at radius 2 is 0.612 bits per heavy atom. The molecule has 270 valence electrons. The second kappa shape index (κ2) is 11.8. The molecule has 1 aliphatic rings. The fourth-order valence-electron chi connectivity index (χ4n) is 6.45. The molecule has 22 heteroatoms. The van der Waals surface area contributed by atoms with Crippen LogP contribution in [0.25, 0.3) is 0 Å². The zero-order valence-electron chi connectivity index (χ0n) is 24.2. The van der Waals surface area contributed by atoms with Crippen LogP contribution in [-0.2, 0) is 0 Å². The van der Waals surface area contributed by atoms with Gasteiger partial charge in [0.25, 0.3) is 0 Å². The number of halogens is 20. The Kier molecular flexibility index (Phi) is 9.52. The standard InChI is InChI=1S/C27H10BF20.H3N/c1-25(23(45)22(44)24(46)26(2,47)27(25,3)48)28(4-7(29)13(35)19(41)14(36)8(4)30,5-9(31)15(37)20(42)16(38)10(5)32)6-11(33)17(39)21(43)18(40)12(6)34;/h24H,1-3H3;1H3/q-1;/p+1. The van der Waals surface area contributed by atoms with Gasteiger partial charge < -0.3 is 6.15 Å². The zero-order valence-corrected chi connectivity index (χ0v) is 24.2. The van der Waals surface area contributed by atoms with E-state index in [9.17, 15) is 43.9 Å². The van der Waals surface area contributed by atoms with Gasteiger partial charge in [-0.1, -0.05) is 12.2 Å². The van der Waals surface area contributed by atoms with Crippen molar-refractivity contribution in [1.82, 2.24) is 6.15 Å². The molecular weight excluding hydrogens is 729 g/mol. The van der Waals surface area contributed by atoms with Gasteiger partial charge in [-0.2, -0.15) is 0 Å². The molecular formula is C27H14BF20N. The van der Waals surface area contributed by atoms with Crippen LogP contribution in [0.15, 0.2) is 11.7 Å². The summed E-state index contributed by atoms with van der Waals surface area (Å²) in [4.78, 5) is 0. The molecule has 0 radical (unpaired) electrons. The number of rotatable bonds is 4. The van der Waals surface area contributed by atoms with E-state index >= 15 is 43.9 Å². The largest absolute Gasteiger partial charge is 0.369 e. The summed E-state index contributed by atoms with van der Waals surface area (Å²) in [6, 6.07) is 0. The van der Waals surface area contributed by atoms with Crippen LogP contribution in [0.2, 0.25) is 5.31 Å². The van der Waals surface area contributed by atoms with Crippen molar-refractivity contribution in [2.45, 2.75) is 43.6 Å². The molecule has 4 atom stereocenters. The Labute approximate surface area is 259 Å². The highest BCUT2D eigenvalue weighted by molar-refractivity contribution is 7.14. The Morgan fingerprint density at radius 3 is 0.837 bits per heavy atom. The predicted molar refractivity (Wildman–Crippen MR) is 131 cm³/mol. The van der Waals surface area contributed by atoms with Crippen LogP contribution >= 0.6 is 0 Å². The Bertz CT molecular complexity index is 1700. The molecule has 1 nitrogen and oxygen atoms in total. The maximum absolute atomic E-state index is 17.0. The maximum Gasteiger partial charge on any atom is 0.200 e. The summed E-state index contributed by atoms with van der Waals surface area (Å²) >= 11 is 0. The first-order chi connectivity index (χ1) is 21.8. The number of hydrogen-bond donors (Lipinski definition) is 1. The van der Waals surface area contributed by atoms with Gasteiger partial charge in [-0.25, -0.2) is 87.8 Å². The van der Waals surface area contributed by atoms with Gasteiger partial charge in [-0.05, 0) is 13.8 Å². The average Bonchev–Trinajstić information content (AvgIpc) is 3.03. The molecule has 4 N–H and O–H groups in total. The fourth-order valence-corrected chi connectivity index (χ4v) is 6.45. The predicted octanol–water partition coefficient (Wildman–Crippen LogP) is 8.34. The number of quaternary nitrogens is 1. The van der Waals surface area contributed by atoms with Crippen molar-refractivity contribution >= 4 is 22.5 Å². The van der Waals surface area contributed by atoms with E-state index in [1.54, 1.807) is 0 Å². The summed E-state index contributed by atoms with van der Waals surface area (Å²) in [5.74, 6) is -60.2. The molecule has 3 aromatic rings. The van der Waals surface area contributed by atoms with Gasteiger partial charge in [0, 0.05) is 0 Å². The highest BCUT2D eigenvalue weighted by Crippen LogP contribution is 2.66. The first-order valence-electron chi connectivity index (χ1n) is 12.5. The van der Waals surface area contributed by atoms with Crippen LogP contribution < -0.4 is 22.5 Å². The fraction of sp³-hybridized carbons (Fsp3) is 0.259. The highest BCUT2D eigenvalue weighted by atomic mass is 19.2. The van der Waals surface area contributed by atoms with Gasteiger partial charge in [-0.15, -0.1) is 16.4 Å². The van der Waals surface area contributed by atoms with Crippen LogP contribution in [0.3, 0.4) is 0 Å². The lowest BCUT2D eigenvalue weighted by atomic mass is 9.03. The zero-order chi connectivity index (χ0) is 37.1. The van der Waals surface area contributed by atoms with E-state index in [0.29, 0.717) is 0 Å². The van der Waals surface area contributed by atoms with E-state index in [2.05, 4.69) is 0 Å². The summed E-state index contributed by atoms with van der Waals surface area (Å²) < 4.78 is 305. The topological polar surface area (TPSA) is 36.5 Å². The van der Waals surface area contributed by atoms with Gasteiger partial charge in [0.1, 0.15) is 52.5 Å². The summed E-state index contributed by atoms with van der Waals surface area (Å²) in [6.45, 7) is -1.68. The number of alkyl halides is 3. The highest BCUT2D eigenvalue weighted by Gasteiger charge is 2.74. The maximum atomic E-state index is 17.0. The quantitative estimate of drug-likeness (QED) is 0.121. The molecule has 0 bridgehead atoms. The lowest BCUT2D eigenvalue weighted by Crippen LogP contribution is -2.83. The molecule has 0 saturated heterocycles. The molecule has 0 aliphatic heterocycles. The van der Waals surface area contributed by atoms with Gasteiger partial charge in [-0.3, -0.25) is 0 Å². The van der Waals surface area contributed by atoms with Crippen LogP contribution in [-0.4, -0.2) is 23.7 Å². The summed E-state index contributed by atoms with van der Waals surface area (Å²) in [5.41, 5.74) is -20.8. The van der Waals surface area contributed by atoms with Crippen LogP contribution in [0, 0.1) is 87.3 Å². The van der Waals surface area contributed by atoms with Crippen LogP contribution in [0.1, 0.15) is 20.8 Å². The number of allylic oxidation sites excluding steroid dienone is 2. The van der Waals surface area contributed by atoms with Crippen LogP contribution in [0.5, 0.6) is 0 Å². The molecule has 4 rings (SSSR count). The monoisotopic (exact) mass is 743 g/mol. The van der Waals surface area contributed by atoms with E-state index in [0.717, 1.165) is 0 Å². The number of hydrogen-bond acceptors (Lipinski definition) is 0. The van der Waals surface area contributed by atoms with Gasteiger partial charge in [0.05, 0.1) is 0 Å². The van der Waals surface area contributed by atoms with Crippen molar-refractivity contribution in [2.75, 3.05) is 0 Å². The van der Waals surface area contributed by atoms with Gasteiger partial charge in [0.2, 0.25) is 0 Å². The molecule has 0 fully saturated rings. The van der Waals surface area contributed by atoms with Crippen molar-refractivity contribution in [3.05, 3.63) is 98.9 Å². The van der Waals surface area contributed by atoms with Crippen molar-refractivity contribution in [1.29, 1.82) is 0 Å². The molecule has 49 heavy (non-hydrogen) atoms. The molecule has 3 aromatic carbocycles. The number of benzene rings is 3. The first-order valence-corrected chi connectivity index (χ1v) is 12.5. The third-order valence-electron chi connectivity index (χ3n) is 9.15. The summed E-state index contributed by atoms with van der Waals surface area (Å²) in [5, 5.41) is -5.36. The van der Waals surface area contributed by atoms with Gasteiger partial charge >= 0.3 is 0 Å². The molecule has 0 amide bonds. The van der Waals surface area contributed by atoms with Crippen molar-refractivity contribution < 1.29 is 87.8 Å². The Balaban J connectivity index is 0.00000650. The summed E-state index contributed by atoms with van der Waals surface area (Å²) in [6.07, 6.45) is -11.5. The minimum Gasteiger partial charge on any atom is -0.369 e. The van der Waals surface area contributed by atoms with Crippen LogP contribution in [0.4, 0.5) is 87.8 Å². The molecule has 1 aliphatic carbocycles. The second-order valence-corrected chi connectivity index (χ2v) is 11.1. The molecule has 0 heterocycles. The third-order valence-corrected chi connectivity index (χ3v) is 9.15. The van der Waals surface area contributed by atoms with Crippen molar-refractivity contribution in [3.63, 3.8) is 0 Å². The normalized spacial score (nSPS) is 24.4. The van der Waals surface area contributed by atoms with Gasteiger partial charge in [0.15, 0.2) is 70.0 Å². The van der Waals surface area contributed by atoms with E-state index < -0.39 is 165 Å². The lowest BCUT2D eigenvalue weighted by Gasteiger charge is -2.64. The minimum atomic E-state index is -7.24. The molecule has 0 spiro atoms. The van der Waals surface area contributed by atoms with E-state index in [1.807, 2.05) is 0 Å². The average molecular weight is 743 g/mol. The Hall–Kier alpha value is -3.98. The second-order valence-electron chi connectivity index (χ2n) is 11.1. The van der Waals surface area contributed by atoms with Crippen molar-refractivity contribution in [2.24, 2.45) is 0 Å². The molecule has 0 saturated carbocycles. The van der Waals surface area contributed by atoms with E-state index in [1.165, 1.54) is 0 Å². The lowest BCUT2D eigenvalue weighted by molar-refractivity contribution is -0.0984. The molecule has 0 aromatic heterocycles. The van der Waals surface area contributed by atoms with E-state index in [4.69, 9.17) is 0 Å². The smallest absolute Gasteiger partial charge is 0.200 e. The minimum absolute atomic E-state index is 0. The first kappa shape index (κ1) is 39.5.